The summed E-state index contributed by atoms with van der Waals surface area (Å²) in [6.45, 7) is 7.38. The van der Waals surface area contributed by atoms with E-state index in [1.165, 1.54) is 16.8 Å². The molecule has 0 saturated heterocycles. The number of nitriles is 1. The van der Waals surface area contributed by atoms with E-state index in [1.54, 1.807) is 0 Å². The summed E-state index contributed by atoms with van der Waals surface area (Å²) >= 11 is 0. The van der Waals surface area contributed by atoms with Crippen LogP contribution < -0.4 is 5.32 Å². The van der Waals surface area contributed by atoms with Crippen molar-refractivity contribution in [1.29, 1.82) is 5.26 Å². The van der Waals surface area contributed by atoms with Gasteiger partial charge < -0.3 is 5.32 Å². The molecule has 86 valence electrons. The summed E-state index contributed by atoms with van der Waals surface area (Å²) < 4.78 is 0. The van der Waals surface area contributed by atoms with Gasteiger partial charge in [0.05, 0.1) is 6.07 Å². The number of hydrogen-bond acceptors (Lipinski definition) is 2. The Morgan fingerprint density at radius 2 is 2.12 bits per heavy atom. The van der Waals surface area contributed by atoms with E-state index in [2.05, 4.69) is 50.4 Å². The summed E-state index contributed by atoms with van der Waals surface area (Å²) in [6.07, 6.45) is 1.53. The van der Waals surface area contributed by atoms with Crippen molar-refractivity contribution >= 4 is 5.69 Å². The third-order valence-corrected chi connectivity index (χ3v) is 2.71. The van der Waals surface area contributed by atoms with Crippen molar-refractivity contribution in [2.75, 3.05) is 11.9 Å². The number of anilines is 1. The Morgan fingerprint density at radius 1 is 1.38 bits per heavy atom. The molecule has 0 aliphatic carbocycles. The van der Waals surface area contributed by atoms with E-state index >= 15 is 0 Å². The Kier molecular flexibility index (Phi) is 4.85. The Morgan fingerprint density at radius 3 is 2.75 bits per heavy atom. The maximum absolute atomic E-state index is 8.46. The standard InChI is InChI=1S/C14H20N2/c1-11(2)13-7-6-12(3)14(10-13)16-9-5-4-8-15/h6-7,10-11,16H,4-5,9H2,1-3H3. The zero-order chi connectivity index (χ0) is 12.0. The van der Waals surface area contributed by atoms with Crippen molar-refractivity contribution in [2.45, 2.75) is 39.5 Å². The zero-order valence-electron chi connectivity index (χ0n) is 10.4. The lowest BCUT2D eigenvalue weighted by atomic mass is 10.0. The fraction of sp³-hybridized carbons (Fsp3) is 0.500. The lowest BCUT2D eigenvalue weighted by molar-refractivity contribution is 0.862. The molecule has 0 heterocycles. The van der Waals surface area contributed by atoms with Crippen LogP contribution in [-0.4, -0.2) is 6.54 Å². The highest BCUT2D eigenvalue weighted by Gasteiger charge is 2.02. The van der Waals surface area contributed by atoms with Gasteiger partial charge in [-0.1, -0.05) is 26.0 Å². The monoisotopic (exact) mass is 216 g/mol. The molecule has 2 heteroatoms. The molecule has 16 heavy (non-hydrogen) atoms. The SMILES string of the molecule is Cc1ccc(C(C)C)cc1NCCCC#N. The third kappa shape index (κ3) is 3.58. The first-order valence-electron chi connectivity index (χ1n) is 5.86. The normalized spacial score (nSPS) is 10.2. The summed E-state index contributed by atoms with van der Waals surface area (Å²) in [6, 6.07) is 8.71. The number of nitrogens with one attached hydrogen (secondary N) is 1. The molecule has 0 fully saturated rings. The molecule has 0 unspecified atom stereocenters. The number of hydrogen-bond donors (Lipinski definition) is 1. The van der Waals surface area contributed by atoms with Crippen molar-refractivity contribution < 1.29 is 0 Å². The van der Waals surface area contributed by atoms with Crippen molar-refractivity contribution in [3.8, 4) is 6.07 Å². The largest absolute Gasteiger partial charge is 0.385 e. The molecule has 0 spiro atoms. The number of unbranched alkanes of at least 4 members (excludes halogenated alkanes) is 1. The molecule has 0 amide bonds. The summed E-state index contributed by atoms with van der Waals surface area (Å²) in [5.74, 6) is 0.556. The van der Waals surface area contributed by atoms with E-state index in [0.717, 1.165) is 13.0 Å². The molecule has 0 saturated carbocycles. The van der Waals surface area contributed by atoms with Crippen LogP contribution in [0, 0.1) is 18.3 Å². The molecule has 1 aromatic carbocycles. The average molecular weight is 216 g/mol. The molecule has 0 radical (unpaired) electrons. The van der Waals surface area contributed by atoms with Gasteiger partial charge in [-0.15, -0.1) is 0 Å². The highest BCUT2D eigenvalue weighted by Crippen LogP contribution is 2.22. The van der Waals surface area contributed by atoms with Gasteiger partial charge in [-0.2, -0.15) is 5.26 Å². The van der Waals surface area contributed by atoms with Gasteiger partial charge in [0, 0.05) is 18.7 Å². The predicted molar refractivity (Wildman–Crippen MR) is 68.6 cm³/mol. The summed E-state index contributed by atoms with van der Waals surface area (Å²) in [5, 5.41) is 11.8. The van der Waals surface area contributed by atoms with E-state index in [0.29, 0.717) is 12.3 Å². The first-order valence-corrected chi connectivity index (χ1v) is 5.86. The van der Waals surface area contributed by atoms with Crippen LogP contribution in [0.5, 0.6) is 0 Å². The van der Waals surface area contributed by atoms with Gasteiger partial charge in [0.25, 0.3) is 0 Å². The van der Waals surface area contributed by atoms with Crippen LogP contribution in [0.1, 0.15) is 43.7 Å². The molecule has 0 bridgehead atoms. The number of aryl methyl sites for hydroxylation is 1. The topological polar surface area (TPSA) is 35.8 Å². The van der Waals surface area contributed by atoms with E-state index in [9.17, 15) is 0 Å². The fourth-order valence-corrected chi connectivity index (χ4v) is 1.58. The highest BCUT2D eigenvalue weighted by molar-refractivity contribution is 5.53. The van der Waals surface area contributed by atoms with Gasteiger partial charge in [0.15, 0.2) is 0 Å². The Labute approximate surface area is 98.3 Å². The smallest absolute Gasteiger partial charge is 0.0622 e. The first kappa shape index (κ1) is 12.6. The molecule has 0 aliphatic heterocycles. The summed E-state index contributed by atoms with van der Waals surface area (Å²) in [5.41, 5.74) is 3.82. The van der Waals surface area contributed by atoms with E-state index < -0.39 is 0 Å². The van der Waals surface area contributed by atoms with Crippen molar-refractivity contribution in [2.24, 2.45) is 0 Å². The molecular formula is C14H20N2. The van der Waals surface area contributed by atoms with Crippen molar-refractivity contribution in [1.82, 2.24) is 0 Å². The quantitative estimate of drug-likeness (QED) is 0.759. The predicted octanol–water partition coefficient (Wildman–Crippen LogP) is 3.83. The lowest BCUT2D eigenvalue weighted by Gasteiger charge is -2.12. The van der Waals surface area contributed by atoms with Gasteiger partial charge in [-0.05, 0) is 36.5 Å². The van der Waals surface area contributed by atoms with Gasteiger partial charge in [-0.25, -0.2) is 0 Å². The highest BCUT2D eigenvalue weighted by atomic mass is 14.9. The number of nitrogens with zero attached hydrogens (tertiary/aromatic N) is 1. The first-order chi connectivity index (χ1) is 7.65. The van der Waals surface area contributed by atoms with Crippen LogP contribution in [0.25, 0.3) is 0 Å². The molecule has 0 aliphatic rings. The fourth-order valence-electron chi connectivity index (χ4n) is 1.58. The van der Waals surface area contributed by atoms with Crippen LogP contribution in [0.2, 0.25) is 0 Å². The van der Waals surface area contributed by atoms with Crippen LogP contribution in [0.4, 0.5) is 5.69 Å². The van der Waals surface area contributed by atoms with Crippen molar-refractivity contribution in [3.63, 3.8) is 0 Å². The van der Waals surface area contributed by atoms with Crippen LogP contribution in [0.15, 0.2) is 18.2 Å². The minimum Gasteiger partial charge on any atom is -0.385 e. The second-order valence-corrected chi connectivity index (χ2v) is 4.42. The van der Waals surface area contributed by atoms with Gasteiger partial charge in [0.2, 0.25) is 0 Å². The van der Waals surface area contributed by atoms with Gasteiger partial charge in [-0.3, -0.25) is 0 Å². The van der Waals surface area contributed by atoms with Crippen LogP contribution >= 0.6 is 0 Å². The van der Waals surface area contributed by atoms with Crippen molar-refractivity contribution in [3.05, 3.63) is 29.3 Å². The zero-order valence-corrected chi connectivity index (χ0v) is 10.4. The van der Waals surface area contributed by atoms with E-state index in [-0.39, 0.29) is 0 Å². The molecule has 1 aromatic rings. The maximum atomic E-state index is 8.46. The third-order valence-electron chi connectivity index (χ3n) is 2.71. The second-order valence-electron chi connectivity index (χ2n) is 4.42. The average Bonchev–Trinajstić information content (AvgIpc) is 2.26. The molecule has 0 aromatic heterocycles. The lowest BCUT2D eigenvalue weighted by Crippen LogP contribution is -2.03. The Bertz CT molecular complexity index is 375. The Hall–Kier alpha value is -1.49. The number of rotatable bonds is 5. The number of benzene rings is 1. The van der Waals surface area contributed by atoms with Gasteiger partial charge in [0.1, 0.15) is 0 Å². The summed E-state index contributed by atoms with van der Waals surface area (Å²) in [7, 11) is 0. The molecule has 1 N–H and O–H groups in total. The molecule has 2 nitrogen and oxygen atoms in total. The second kappa shape index (κ2) is 6.17. The van der Waals surface area contributed by atoms with Gasteiger partial charge >= 0.3 is 0 Å². The summed E-state index contributed by atoms with van der Waals surface area (Å²) in [4.78, 5) is 0. The van der Waals surface area contributed by atoms with E-state index in [1.807, 2.05) is 0 Å². The minimum absolute atomic E-state index is 0.556. The maximum Gasteiger partial charge on any atom is 0.0622 e. The molecule has 1 rings (SSSR count). The Balaban J connectivity index is 2.64. The van der Waals surface area contributed by atoms with E-state index in [4.69, 9.17) is 5.26 Å². The minimum atomic E-state index is 0.556. The molecule has 0 atom stereocenters. The van der Waals surface area contributed by atoms with Crippen LogP contribution in [-0.2, 0) is 0 Å². The molecular weight excluding hydrogens is 196 g/mol. The van der Waals surface area contributed by atoms with Crippen LogP contribution in [0.3, 0.4) is 0 Å².